The maximum atomic E-state index is 4.27. The summed E-state index contributed by atoms with van der Waals surface area (Å²) in [4.78, 5) is 7.40. The van der Waals surface area contributed by atoms with Crippen LogP contribution in [0.3, 0.4) is 0 Å². The largest absolute Gasteiger partial charge is 0.349 e. The maximum Gasteiger partial charge on any atom is 0.122 e. The molecule has 4 nitrogen and oxygen atoms in total. The minimum atomic E-state index is 0.240. The van der Waals surface area contributed by atoms with E-state index < -0.39 is 0 Å². The van der Waals surface area contributed by atoms with Crippen molar-refractivity contribution < 1.29 is 0 Å². The van der Waals surface area contributed by atoms with Gasteiger partial charge in [-0.05, 0) is 39.3 Å². The van der Waals surface area contributed by atoms with Crippen molar-refractivity contribution in [3.05, 3.63) is 41.2 Å². The number of aryl methyl sites for hydroxylation is 1. The summed E-state index contributed by atoms with van der Waals surface area (Å²) in [5.74, 6) is 0.985. The lowest BCUT2D eigenvalue weighted by atomic mass is 10.2. The van der Waals surface area contributed by atoms with Gasteiger partial charge in [0, 0.05) is 36.9 Å². The normalized spacial score (nSPS) is 12.9. The van der Waals surface area contributed by atoms with Gasteiger partial charge in [0.15, 0.2) is 0 Å². The van der Waals surface area contributed by atoms with Crippen molar-refractivity contribution in [3.8, 4) is 0 Å². The van der Waals surface area contributed by atoms with Gasteiger partial charge in [0.1, 0.15) is 5.82 Å². The fourth-order valence-corrected chi connectivity index (χ4v) is 2.41. The van der Waals surface area contributed by atoms with Gasteiger partial charge in [-0.3, -0.25) is 0 Å². The van der Waals surface area contributed by atoms with E-state index in [1.807, 2.05) is 6.20 Å². The van der Waals surface area contributed by atoms with Gasteiger partial charge in [0.05, 0.1) is 6.04 Å². The Balaban J connectivity index is 2.02. The minimum Gasteiger partial charge on any atom is -0.349 e. The van der Waals surface area contributed by atoms with E-state index in [-0.39, 0.29) is 6.04 Å². The topological polar surface area (TPSA) is 45.6 Å². The number of hydrogen-bond acceptors (Lipinski definition) is 2. The van der Waals surface area contributed by atoms with Gasteiger partial charge in [-0.1, -0.05) is 0 Å². The summed E-state index contributed by atoms with van der Waals surface area (Å²) in [6.45, 7) is 10.6. The average Bonchev–Trinajstić information content (AvgIpc) is 2.95. The lowest BCUT2D eigenvalue weighted by Gasteiger charge is -2.11. The Kier molecular flexibility index (Phi) is 3.87. The lowest BCUT2D eigenvalue weighted by Crippen LogP contribution is -2.19. The quantitative estimate of drug-likeness (QED) is 0.852. The third kappa shape index (κ3) is 2.48. The molecule has 2 aromatic rings. The fraction of sp³-hybridized carbons (Fsp3) is 0.500. The molecule has 2 N–H and O–H groups in total. The van der Waals surface area contributed by atoms with E-state index in [2.05, 4.69) is 53.6 Å². The zero-order chi connectivity index (χ0) is 13.1. The van der Waals surface area contributed by atoms with E-state index in [4.69, 9.17) is 0 Å². The van der Waals surface area contributed by atoms with E-state index in [0.29, 0.717) is 0 Å². The Morgan fingerprint density at radius 2 is 2.22 bits per heavy atom. The molecule has 4 heteroatoms. The summed E-state index contributed by atoms with van der Waals surface area (Å²) < 4.78 is 2.34. The number of aromatic amines is 1. The number of imidazole rings is 1. The summed E-state index contributed by atoms with van der Waals surface area (Å²) in [5, 5.41) is 3.50. The molecule has 0 bridgehead atoms. The second-order valence-electron chi connectivity index (χ2n) is 4.72. The number of hydrogen-bond donors (Lipinski definition) is 2. The zero-order valence-corrected chi connectivity index (χ0v) is 11.6. The number of H-pyrrole nitrogens is 1. The molecule has 0 radical (unpaired) electrons. The van der Waals surface area contributed by atoms with Crippen LogP contribution in [0.2, 0.25) is 0 Å². The molecule has 0 fully saturated rings. The summed E-state index contributed by atoms with van der Waals surface area (Å²) in [7, 11) is 0. The number of nitrogens with one attached hydrogen (secondary N) is 2. The van der Waals surface area contributed by atoms with Gasteiger partial charge in [-0.2, -0.15) is 0 Å². The number of rotatable bonds is 5. The van der Waals surface area contributed by atoms with Crippen molar-refractivity contribution >= 4 is 0 Å². The molecule has 0 aliphatic carbocycles. The molecule has 0 saturated heterocycles. The van der Waals surface area contributed by atoms with Gasteiger partial charge < -0.3 is 14.9 Å². The SMILES string of the molecule is CCn1c(C)cc(CNC(C)c2ncc[nH]2)c1C. The van der Waals surface area contributed by atoms with Crippen LogP contribution < -0.4 is 5.32 Å². The third-order valence-electron chi connectivity index (χ3n) is 3.52. The van der Waals surface area contributed by atoms with E-state index in [9.17, 15) is 0 Å². The van der Waals surface area contributed by atoms with E-state index in [0.717, 1.165) is 18.9 Å². The van der Waals surface area contributed by atoms with Crippen LogP contribution in [-0.2, 0) is 13.1 Å². The molecule has 98 valence electrons. The van der Waals surface area contributed by atoms with Crippen molar-refractivity contribution in [3.63, 3.8) is 0 Å². The third-order valence-corrected chi connectivity index (χ3v) is 3.52. The monoisotopic (exact) mass is 246 g/mol. The molecule has 0 aliphatic rings. The van der Waals surface area contributed by atoms with Gasteiger partial charge in [0.25, 0.3) is 0 Å². The Bertz CT molecular complexity index is 496. The Hall–Kier alpha value is -1.55. The highest BCUT2D eigenvalue weighted by Gasteiger charge is 2.10. The second kappa shape index (κ2) is 5.40. The van der Waals surface area contributed by atoms with Crippen molar-refractivity contribution in [1.82, 2.24) is 19.9 Å². The molecule has 0 amide bonds. The first-order chi connectivity index (χ1) is 8.63. The molecule has 0 saturated carbocycles. The van der Waals surface area contributed by atoms with Crippen LogP contribution >= 0.6 is 0 Å². The summed E-state index contributed by atoms with van der Waals surface area (Å²) in [6, 6.07) is 2.51. The van der Waals surface area contributed by atoms with Crippen molar-refractivity contribution in [2.45, 2.75) is 46.8 Å². The summed E-state index contributed by atoms with van der Waals surface area (Å²) >= 11 is 0. The molecule has 0 spiro atoms. The van der Waals surface area contributed by atoms with Crippen LogP contribution in [0.15, 0.2) is 18.5 Å². The van der Waals surface area contributed by atoms with Crippen molar-refractivity contribution in [2.24, 2.45) is 0 Å². The number of nitrogens with zero attached hydrogens (tertiary/aromatic N) is 2. The van der Waals surface area contributed by atoms with Crippen LogP contribution in [-0.4, -0.2) is 14.5 Å². The van der Waals surface area contributed by atoms with Crippen LogP contribution in [0.1, 0.15) is 42.7 Å². The highest BCUT2D eigenvalue weighted by molar-refractivity contribution is 5.26. The Morgan fingerprint density at radius 3 is 2.78 bits per heavy atom. The summed E-state index contributed by atoms with van der Waals surface area (Å²) in [6.07, 6.45) is 3.65. The van der Waals surface area contributed by atoms with Crippen LogP contribution in [0.4, 0.5) is 0 Å². The minimum absolute atomic E-state index is 0.240. The van der Waals surface area contributed by atoms with Gasteiger partial charge in [-0.15, -0.1) is 0 Å². The van der Waals surface area contributed by atoms with Gasteiger partial charge >= 0.3 is 0 Å². The smallest absolute Gasteiger partial charge is 0.122 e. The van der Waals surface area contributed by atoms with E-state index >= 15 is 0 Å². The van der Waals surface area contributed by atoms with Crippen molar-refractivity contribution in [1.29, 1.82) is 0 Å². The first-order valence-electron chi connectivity index (χ1n) is 6.51. The molecular weight excluding hydrogens is 224 g/mol. The van der Waals surface area contributed by atoms with Crippen LogP contribution in [0, 0.1) is 13.8 Å². The van der Waals surface area contributed by atoms with E-state index in [1.54, 1.807) is 6.20 Å². The molecular formula is C14H22N4. The fourth-order valence-electron chi connectivity index (χ4n) is 2.41. The molecule has 1 unspecified atom stereocenters. The average molecular weight is 246 g/mol. The first kappa shape index (κ1) is 12.9. The maximum absolute atomic E-state index is 4.27. The van der Waals surface area contributed by atoms with E-state index in [1.165, 1.54) is 17.0 Å². The summed E-state index contributed by atoms with van der Waals surface area (Å²) in [5.41, 5.74) is 4.05. The zero-order valence-electron chi connectivity index (χ0n) is 11.6. The first-order valence-corrected chi connectivity index (χ1v) is 6.51. The molecule has 0 aromatic carbocycles. The Labute approximate surface area is 108 Å². The lowest BCUT2D eigenvalue weighted by molar-refractivity contribution is 0.548. The predicted molar refractivity (Wildman–Crippen MR) is 73.4 cm³/mol. The van der Waals surface area contributed by atoms with Gasteiger partial charge in [0.2, 0.25) is 0 Å². The highest BCUT2D eigenvalue weighted by atomic mass is 15.0. The van der Waals surface area contributed by atoms with Crippen LogP contribution in [0.25, 0.3) is 0 Å². The molecule has 18 heavy (non-hydrogen) atoms. The molecule has 2 heterocycles. The second-order valence-corrected chi connectivity index (χ2v) is 4.72. The predicted octanol–water partition coefficient (Wildman–Crippen LogP) is 2.70. The highest BCUT2D eigenvalue weighted by Crippen LogP contribution is 2.16. The molecule has 2 aromatic heterocycles. The molecule has 0 aliphatic heterocycles. The number of aromatic nitrogens is 3. The molecule has 1 atom stereocenters. The standard InChI is InChI=1S/C14H22N4/c1-5-18-10(2)8-13(12(18)4)9-17-11(3)14-15-6-7-16-14/h6-8,11,17H,5,9H2,1-4H3,(H,15,16). The Morgan fingerprint density at radius 1 is 1.44 bits per heavy atom. The molecule has 2 rings (SSSR count). The van der Waals surface area contributed by atoms with Crippen molar-refractivity contribution in [2.75, 3.05) is 0 Å². The van der Waals surface area contributed by atoms with Gasteiger partial charge in [-0.25, -0.2) is 4.98 Å². The van der Waals surface area contributed by atoms with Crippen LogP contribution in [0.5, 0.6) is 0 Å².